The summed E-state index contributed by atoms with van der Waals surface area (Å²) in [6, 6.07) is 21.4. The number of hydrogen-bond acceptors (Lipinski definition) is 1. The molecule has 0 aliphatic heterocycles. The molecule has 0 aliphatic carbocycles. The highest BCUT2D eigenvalue weighted by Gasteiger charge is 2.08. The number of phenolic OH excluding ortho intramolecular Hbond substituents is 1. The van der Waals surface area contributed by atoms with Crippen LogP contribution in [0.3, 0.4) is 0 Å². The summed E-state index contributed by atoms with van der Waals surface area (Å²) in [5, 5.41) is 10.3. The summed E-state index contributed by atoms with van der Waals surface area (Å²) in [4.78, 5) is 0. The first kappa shape index (κ1) is 14.0. The Hall–Kier alpha value is -1.96. The molecule has 0 amide bonds. The Morgan fingerprint density at radius 1 is 0.619 bits per heavy atom. The molecule has 0 bridgehead atoms. The Bertz CT molecular complexity index is 765. The van der Waals surface area contributed by atoms with Gasteiger partial charge in [-0.05, 0) is 22.8 Å². The molecule has 0 aromatic heterocycles. The summed E-state index contributed by atoms with van der Waals surface area (Å²) in [7, 11) is 0. The molecule has 3 rings (SSSR count). The number of rotatable bonds is 2. The Labute approximate surface area is 133 Å². The molecule has 21 heavy (non-hydrogen) atoms. The zero-order valence-corrected chi connectivity index (χ0v) is 12.6. The van der Waals surface area contributed by atoms with E-state index in [1.54, 1.807) is 6.07 Å². The quantitative estimate of drug-likeness (QED) is 0.612. The van der Waals surface area contributed by atoms with Gasteiger partial charge in [0.1, 0.15) is 5.75 Å². The van der Waals surface area contributed by atoms with Crippen molar-refractivity contribution >= 4 is 23.2 Å². The van der Waals surface area contributed by atoms with Gasteiger partial charge in [0.05, 0.1) is 10.0 Å². The minimum atomic E-state index is -0.00803. The van der Waals surface area contributed by atoms with Crippen molar-refractivity contribution in [2.24, 2.45) is 0 Å². The SMILES string of the molecule is Oc1cc(Cl)c(-c2ccc(-c3ccccc3)cc2)cc1Cl. The standard InChI is InChI=1S/C18H12Cl2O/c19-16-11-18(21)17(20)10-15(16)14-8-6-13(7-9-14)12-4-2-1-3-5-12/h1-11,21H. The largest absolute Gasteiger partial charge is 0.506 e. The average Bonchev–Trinajstić information content (AvgIpc) is 2.52. The minimum Gasteiger partial charge on any atom is -0.506 e. The lowest BCUT2D eigenvalue weighted by Gasteiger charge is -2.08. The maximum atomic E-state index is 9.55. The molecule has 104 valence electrons. The van der Waals surface area contributed by atoms with E-state index < -0.39 is 0 Å². The molecule has 0 aliphatic rings. The molecule has 0 atom stereocenters. The van der Waals surface area contributed by atoms with Gasteiger partial charge in [0.25, 0.3) is 0 Å². The smallest absolute Gasteiger partial charge is 0.135 e. The second-order valence-corrected chi connectivity index (χ2v) is 5.54. The topological polar surface area (TPSA) is 20.2 Å². The Kier molecular flexibility index (Phi) is 3.87. The van der Waals surface area contributed by atoms with Crippen LogP contribution in [0.25, 0.3) is 22.3 Å². The van der Waals surface area contributed by atoms with E-state index in [1.807, 2.05) is 42.5 Å². The van der Waals surface area contributed by atoms with E-state index in [-0.39, 0.29) is 5.75 Å². The summed E-state index contributed by atoms with van der Waals surface area (Å²) in [6.45, 7) is 0. The molecular formula is C18H12Cl2O. The van der Waals surface area contributed by atoms with Crippen LogP contribution in [-0.4, -0.2) is 5.11 Å². The van der Waals surface area contributed by atoms with Gasteiger partial charge in [-0.2, -0.15) is 0 Å². The summed E-state index contributed by atoms with van der Waals surface area (Å²) >= 11 is 12.1. The Balaban J connectivity index is 2.00. The molecule has 3 aromatic rings. The molecule has 0 saturated heterocycles. The van der Waals surface area contributed by atoms with Gasteiger partial charge in [-0.3, -0.25) is 0 Å². The van der Waals surface area contributed by atoms with E-state index in [4.69, 9.17) is 23.2 Å². The van der Waals surface area contributed by atoms with Crippen molar-refractivity contribution in [3.8, 4) is 28.0 Å². The maximum Gasteiger partial charge on any atom is 0.135 e. The number of aromatic hydroxyl groups is 1. The van der Waals surface area contributed by atoms with Crippen molar-refractivity contribution < 1.29 is 5.11 Å². The third kappa shape index (κ3) is 2.90. The van der Waals surface area contributed by atoms with Gasteiger partial charge in [0, 0.05) is 11.6 Å². The molecule has 0 heterocycles. The van der Waals surface area contributed by atoms with E-state index >= 15 is 0 Å². The third-order valence-corrected chi connectivity index (χ3v) is 3.95. The van der Waals surface area contributed by atoms with Crippen LogP contribution in [0.4, 0.5) is 0 Å². The normalized spacial score (nSPS) is 10.6. The van der Waals surface area contributed by atoms with Crippen LogP contribution < -0.4 is 0 Å². The van der Waals surface area contributed by atoms with Gasteiger partial charge < -0.3 is 5.11 Å². The van der Waals surface area contributed by atoms with Crippen molar-refractivity contribution in [1.29, 1.82) is 0 Å². The lowest BCUT2D eigenvalue weighted by atomic mass is 10.0. The summed E-state index contributed by atoms with van der Waals surface area (Å²) < 4.78 is 0. The molecule has 0 saturated carbocycles. The number of halogens is 2. The van der Waals surface area contributed by atoms with Crippen LogP contribution >= 0.6 is 23.2 Å². The first-order valence-corrected chi connectivity index (χ1v) is 7.24. The van der Waals surface area contributed by atoms with Gasteiger partial charge in [0.15, 0.2) is 0 Å². The van der Waals surface area contributed by atoms with Crippen molar-refractivity contribution in [3.63, 3.8) is 0 Å². The van der Waals surface area contributed by atoms with Crippen molar-refractivity contribution in [2.45, 2.75) is 0 Å². The molecule has 3 aromatic carbocycles. The first-order chi connectivity index (χ1) is 10.1. The van der Waals surface area contributed by atoms with Crippen LogP contribution in [0.2, 0.25) is 10.0 Å². The molecule has 1 N–H and O–H groups in total. The van der Waals surface area contributed by atoms with Gasteiger partial charge in [-0.15, -0.1) is 0 Å². The second-order valence-electron chi connectivity index (χ2n) is 4.73. The van der Waals surface area contributed by atoms with Gasteiger partial charge in [0.2, 0.25) is 0 Å². The summed E-state index contributed by atoms with van der Waals surface area (Å²) in [5.74, 6) is -0.00803. The monoisotopic (exact) mass is 314 g/mol. The molecular weight excluding hydrogens is 303 g/mol. The number of hydrogen-bond donors (Lipinski definition) is 1. The number of benzene rings is 3. The fourth-order valence-corrected chi connectivity index (χ4v) is 2.66. The second kappa shape index (κ2) is 5.80. The zero-order valence-electron chi connectivity index (χ0n) is 11.1. The Morgan fingerprint density at radius 2 is 1.19 bits per heavy atom. The van der Waals surface area contributed by atoms with Gasteiger partial charge in [-0.25, -0.2) is 0 Å². The molecule has 0 radical (unpaired) electrons. The van der Waals surface area contributed by atoms with Crippen LogP contribution in [0.5, 0.6) is 5.75 Å². The van der Waals surface area contributed by atoms with E-state index in [0.717, 1.165) is 16.7 Å². The van der Waals surface area contributed by atoms with Crippen LogP contribution in [0, 0.1) is 0 Å². The van der Waals surface area contributed by atoms with E-state index in [9.17, 15) is 5.11 Å². The van der Waals surface area contributed by atoms with E-state index in [0.29, 0.717) is 10.0 Å². The van der Waals surface area contributed by atoms with Crippen molar-refractivity contribution in [2.75, 3.05) is 0 Å². The van der Waals surface area contributed by atoms with E-state index in [2.05, 4.69) is 12.1 Å². The highest BCUT2D eigenvalue weighted by Crippen LogP contribution is 2.36. The lowest BCUT2D eigenvalue weighted by molar-refractivity contribution is 0.475. The van der Waals surface area contributed by atoms with Gasteiger partial charge in [-0.1, -0.05) is 77.8 Å². The van der Waals surface area contributed by atoms with Gasteiger partial charge >= 0.3 is 0 Å². The molecule has 0 fully saturated rings. The average molecular weight is 315 g/mol. The van der Waals surface area contributed by atoms with E-state index in [1.165, 1.54) is 11.6 Å². The molecule has 3 heteroatoms. The summed E-state index contributed by atoms with van der Waals surface area (Å²) in [5.41, 5.74) is 4.07. The van der Waals surface area contributed by atoms with Crippen LogP contribution in [-0.2, 0) is 0 Å². The predicted octanol–water partition coefficient (Wildman–Crippen LogP) is 6.03. The van der Waals surface area contributed by atoms with Crippen molar-refractivity contribution in [3.05, 3.63) is 76.8 Å². The fraction of sp³-hybridized carbons (Fsp3) is 0. The van der Waals surface area contributed by atoms with Crippen LogP contribution in [0.1, 0.15) is 0 Å². The highest BCUT2D eigenvalue weighted by atomic mass is 35.5. The highest BCUT2D eigenvalue weighted by molar-refractivity contribution is 6.36. The fourth-order valence-electron chi connectivity index (χ4n) is 2.23. The molecule has 0 spiro atoms. The third-order valence-electron chi connectivity index (χ3n) is 3.34. The summed E-state index contributed by atoms with van der Waals surface area (Å²) in [6.07, 6.45) is 0. The molecule has 0 unspecified atom stereocenters. The number of phenols is 1. The minimum absolute atomic E-state index is 0.00803. The lowest BCUT2D eigenvalue weighted by Crippen LogP contribution is -1.82. The molecule has 1 nitrogen and oxygen atoms in total. The van der Waals surface area contributed by atoms with Crippen LogP contribution in [0.15, 0.2) is 66.7 Å². The van der Waals surface area contributed by atoms with Crippen molar-refractivity contribution in [1.82, 2.24) is 0 Å². The maximum absolute atomic E-state index is 9.55. The predicted molar refractivity (Wildman–Crippen MR) is 89.0 cm³/mol. The Morgan fingerprint density at radius 3 is 1.86 bits per heavy atom. The zero-order chi connectivity index (χ0) is 14.8. The first-order valence-electron chi connectivity index (χ1n) is 6.49.